The van der Waals surface area contributed by atoms with E-state index >= 15 is 0 Å². The Labute approximate surface area is 140 Å². The van der Waals surface area contributed by atoms with Crippen molar-refractivity contribution in [2.75, 3.05) is 32.7 Å². The van der Waals surface area contributed by atoms with Crippen LogP contribution in [-0.4, -0.2) is 72.6 Å². The van der Waals surface area contributed by atoms with Gasteiger partial charge in [0.05, 0.1) is 12.1 Å². The zero-order valence-electron chi connectivity index (χ0n) is 13.3. The van der Waals surface area contributed by atoms with E-state index in [1.165, 1.54) is 6.07 Å². The van der Waals surface area contributed by atoms with Crippen molar-refractivity contribution in [3.05, 3.63) is 29.3 Å². The van der Waals surface area contributed by atoms with Crippen LogP contribution in [0.2, 0.25) is 0 Å². The molecule has 1 unspecified atom stereocenters. The molecule has 0 amide bonds. The lowest BCUT2D eigenvalue weighted by Crippen LogP contribution is -2.48. The highest BCUT2D eigenvalue weighted by Gasteiger charge is 2.36. The summed E-state index contributed by atoms with van der Waals surface area (Å²) in [5.41, 5.74) is 6.78. The number of carbonyl (C=O) groups is 1. The van der Waals surface area contributed by atoms with E-state index in [0.717, 1.165) is 26.2 Å². The maximum atomic E-state index is 11.2. The van der Waals surface area contributed by atoms with E-state index in [0.29, 0.717) is 24.4 Å². The van der Waals surface area contributed by atoms with Crippen LogP contribution in [0.15, 0.2) is 23.2 Å². The summed E-state index contributed by atoms with van der Waals surface area (Å²) in [6.45, 7) is 4.21. The molecular weight excluding hydrogens is 311 g/mol. The van der Waals surface area contributed by atoms with Crippen molar-refractivity contribution < 1.29 is 19.6 Å². The van der Waals surface area contributed by atoms with Gasteiger partial charge in [-0.2, -0.15) is 0 Å². The highest BCUT2D eigenvalue weighted by molar-refractivity contribution is 6.46. The van der Waals surface area contributed by atoms with Crippen LogP contribution < -0.4 is 15.7 Å². The second-order valence-electron chi connectivity index (χ2n) is 6.03. The van der Waals surface area contributed by atoms with E-state index in [4.69, 9.17) is 10.4 Å². The van der Waals surface area contributed by atoms with Crippen molar-refractivity contribution in [2.45, 2.75) is 12.4 Å². The molecule has 2 aliphatic rings. The van der Waals surface area contributed by atoms with E-state index in [1.807, 2.05) is 0 Å². The number of hydrogen-bond donors (Lipinski definition) is 4. The summed E-state index contributed by atoms with van der Waals surface area (Å²) < 4.78 is 5.42. The molecule has 3 rings (SSSR count). The average molecular weight is 332 g/mol. The Balaban J connectivity index is 1.72. The molecule has 5 N–H and O–H groups in total. The van der Waals surface area contributed by atoms with Gasteiger partial charge < -0.3 is 25.8 Å². The highest BCUT2D eigenvalue weighted by atomic mass is 16.5. The molecule has 2 heterocycles. The van der Waals surface area contributed by atoms with E-state index in [2.05, 4.69) is 15.2 Å². The number of hydrogen-bond acceptors (Lipinski definition) is 6. The Morgan fingerprint density at radius 1 is 1.46 bits per heavy atom. The van der Waals surface area contributed by atoms with Crippen LogP contribution in [0.1, 0.15) is 15.9 Å². The molecular formula is C15H21BN4O4. The number of nitrogens with zero attached hydrogens (tertiary/aromatic N) is 2. The summed E-state index contributed by atoms with van der Waals surface area (Å²) in [6, 6.07) is 4.90. The van der Waals surface area contributed by atoms with Gasteiger partial charge in [-0.05, 0) is 18.1 Å². The Morgan fingerprint density at radius 3 is 2.92 bits per heavy atom. The first-order chi connectivity index (χ1) is 11.5. The second kappa shape index (κ2) is 7.21. The lowest BCUT2D eigenvalue weighted by atomic mass is 9.72. The van der Waals surface area contributed by atoms with Gasteiger partial charge in [0.15, 0.2) is 0 Å². The van der Waals surface area contributed by atoms with Crippen molar-refractivity contribution in [1.29, 1.82) is 0 Å². The number of carboxylic acid groups (broad SMARTS) is 1. The van der Waals surface area contributed by atoms with Crippen molar-refractivity contribution in [2.24, 2.45) is 10.7 Å². The van der Waals surface area contributed by atoms with Crippen molar-refractivity contribution in [3.8, 4) is 5.75 Å². The van der Waals surface area contributed by atoms with Gasteiger partial charge in [-0.3, -0.25) is 9.89 Å². The van der Waals surface area contributed by atoms with Crippen LogP contribution in [0, 0.1) is 0 Å². The molecule has 0 saturated carbocycles. The Bertz CT molecular complexity index is 648. The number of carboxylic acids is 1. The monoisotopic (exact) mass is 332 g/mol. The molecule has 1 fully saturated rings. The molecule has 0 radical (unpaired) electrons. The summed E-state index contributed by atoms with van der Waals surface area (Å²) >= 11 is 0. The largest absolute Gasteiger partial charge is 0.549 e. The summed E-state index contributed by atoms with van der Waals surface area (Å²) in [5, 5.41) is 22.6. The van der Waals surface area contributed by atoms with Crippen molar-refractivity contribution >= 4 is 18.9 Å². The molecule has 1 aromatic rings. The van der Waals surface area contributed by atoms with Gasteiger partial charge in [0.25, 0.3) is 0 Å². The first-order valence-electron chi connectivity index (χ1n) is 7.99. The number of para-hydroxylation sites is 1. The molecule has 1 aromatic carbocycles. The summed E-state index contributed by atoms with van der Waals surface area (Å²) in [7, 11) is -1.21. The van der Waals surface area contributed by atoms with E-state index in [9.17, 15) is 14.9 Å². The lowest BCUT2D eigenvalue weighted by Gasteiger charge is -2.28. The topological polar surface area (TPSA) is 120 Å². The normalized spacial score (nSPS) is 22.0. The first kappa shape index (κ1) is 16.8. The summed E-state index contributed by atoms with van der Waals surface area (Å²) in [4.78, 5) is 17.8. The van der Waals surface area contributed by atoms with Gasteiger partial charge in [0, 0.05) is 26.2 Å². The maximum absolute atomic E-state index is 11.2. The third-order valence-corrected chi connectivity index (χ3v) is 4.25. The second-order valence-corrected chi connectivity index (χ2v) is 6.03. The number of aromatic carboxylic acids is 1. The number of amidine groups is 1. The Hall–Kier alpha value is -2.10. The minimum atomic E-state index is -1.21. The van der Waals surface area contributed by atoms with Gasteiger partial charge in [-0.25, -0.2) is 4.79 Å². The van der Waals surface area contributed by atoms with Crippen LogP contribution in [0.3, 0.4) is 0 Å². The van der Waals surface area contributed by atoms with Gasteiger partial charge in [-0.1, -0.05) is 12.1 Å². The molecule has 24 heavy (non-hydrogen) atoms. The zero-order valence-corrected chi connectivity index (χ0v) is 13.3. The maximum Gasteiger partial charge on any atom is 0.549 e. The number of rotatable bonds is 4. The lowest BCUT2D eigenvalue weighted by molar-refractivity contribution is 0.0694. The fourth-order valence-corrected chi connectivity index (χ4v) is 3.04. The predicted octanol–water partition coefficient (Wildman–Crippen LogP) is -1.03. The van der Waals surface area contributed by atoms with Crippen molar-refractivity contribution in [3.63, 3.8) is 0 Å². The molecule has 9 heteroatoms. The number of benzene rings is 1. The predicted molar refractivity (Wildman–Crippen MR) is 90.4 cm³/mol. The number of aliphatic imine (C=N–C) groups is 1. The van der Waals surface area contributed by atoms with Gasteiger partial charge in [-0.15, -0.1) is 0 Å². The number of nitrogens with two attached hydrogens (primary N) is 1. The van der Waals surface area contributed by atoms with Gasteiger partial charge >= 0.3 is 13.1 Å². The van der Waals surface area contributed by atoms with Gasteiger partial charge in [0.1, 0.15) is 17.5 Å². The quantitative estimate of drug-likeness (QED) is 0.316. The number of piperazine rings is 1. The molecule has 128 valence electrons. The zero-order chi connectivity index (χ0) is 17.1. The summed E-state index contributed by atoms with van der Waals surface area (Å²) in [5.74, 6) is -0.962. The molecule has 1 saturated heterocycles. The van der Waals surface area contributed by atoms with Crippen LogP contribution >= 0.6 is 0 Å². The fraction of sp³-hybridized carbons (Fsp3) is 0.467. The van der Waals surface area contributed by atoms with E-state index in [1.54, 1.807) is 12.1 Å². The standard InChI is InChI=1S/C15H21BN4O4/c17-13(9-20-6-4-18-5-7-20)19-12-8-10-2-1-3-11(15(21)22)14(10)24-16(12)23/h1-3,12,18,23H,4-9H2,(H2,17,19)(H,21,22). The molecule has 8 nitrogen and oxygen atoms in total. The van der Waals surface area contributed by atoms with Crippen LogP contribution in [0.5, 0.6) is 5.75 Å². The molecule has 0 aromatic heterocycles. The highest BCUT2D eigenvalue weighted by Crippen LogP contribution is 2.30. The number of fused-ring (bicyclic) bond motifs is 1. The van der Waals surface area contributed by atoms with Gasteiger partial charge in [0.2, 0.25) is 0 Å². The fourth-order valence-electron chi connectivity index (χ4n) is 3.04. The molecule has 0 bridgehead atoms. The third-order valence-electron chi connectivity index (χ3n) is 4.25. The van der Waals surface area contributed by atoms with E-state index in [-0.39, 0.29) is 11.3 Å². The van der Waals surface area contributed by atoms with Crippen LogP contribution in [-0.2, 0) is 6.42 Å². The molecule has 0 aliphatic carbocycles. The third kappa shape index (κ3) is 3.69. The molecule has 2 aliphatic heterocycles. The summed E-state index contributed by atoms with van der Waals surface area (Å²) in [6.07, 6.45) is 0.389. The average Bonchev–Trinajstić information content (AvgIpc) is 2.55. The molecule has 0 spiro atoms. The Kier molecular flexibility index (Phi) is 5.03. The van der Waals surface area contributed by atoms with Crippen LogP contribution in [0.4, 0.5) is 0 Å². The number of nitrogens with one attached hydrogen (secondary N) is 1. The van der Waals surface area contributed by atoms with E-state index < -0.39 is 19.0 Å². The first-order valence-corrected chi connectivity index (χ1v) is 7.99. The van der Waals surface area contributed by atoms with Crippen molar-refractivity contribution in [1.82, 2.24) is 10.2 Å². The molecule has 1 atom stereocenters. The minimum absolute atomic E-state index is 0.0442. The SMILES string of the molecule is NC(CN1CCNCC1)=NC1Cc2cccc(C(=O)O)c2OB1O. The smallest absolute Gasteiger partial charge is 0.534 e. The van der Waals surface area contributed by atoms with Crippen LogP contribution in [0.25, 0.3) is 0 Å². The minimum Gasteiger partial charge on any atom is -0.534 e. The Morgan fingerprint density at radius 2 is 2.21 bits per heavy atom.